The van der Waals surface area contributed by atoms with E-state index in [0.29, 0.717) is 25.5 Å². The van der Waals surface area contributed by atoms with Crippen LogP contribution in [0.1, 0.15) is 35.0 Å². The number of benzene rings is 1. The molecule has 1 fully saturated rings. The highest BCUT2D eigenvalue weighted by atomic mass is 32.2. The Bertz CT molecular complexity index is 930. The second kappa shape index (κ2) is 8.04. The Labute approximate surface area is 159 Å². The third-order valence-electron chi connectivity index (χ3n) is 4.66. The molecular weight excluding hydrogens is 364 g/mol. The first-order valence-electron chi connectivity index (χ1n) is 9.02. The highest BCUT2D eigenvalue weighted by Crippen LogP contribution is 2.21. The van der Waals surface area contributed by atoms with Crippen LogP contribution in [0.2, 0.25) is 0 Å². The lowest BCUT2D eigenvalue weighted by Crippen LogP contribution is -2.37. The molecule has 144 valence electrons. The Balaban J connectivity index is 1.71. The maximum Gasteiger partial charge on any atom is 0.270 e. The molecule has 8 heteroatoms. The Morgan fingerprint density at radius 3 is 2.81 bits per heavy atom. The predicted molar refractivity (Wildman–Crippen MR) is 104 cm³/mol. The van der Waals surface area contributed by atoms with Crippen molar-refractivity contribution in [2.75, 3.05) is 23.0 Å². The van der Waals surface area contributed by atoms with Crippen molar-refractivity contribution in [1.29, 1.82) is 0 Å². The maximum atomic E-state index is 12.5. The minimum absolute atomic E-state index is 0.105. The molecule has 0 radical (unpaired) electrons. The van der Waals surface area contributed by atoms with E-state index >= 15 is 0 Å². The first-order chi connectivity index (χ1) is 12.9. The lowest BCUT2D eigenvalue weighted by molar-refractivity contribution is 0.0945. The number of carbonyl (C=O) groups is 1. The Morgan fingerprint density at radius 2 is 2.15 bits per heavy atom. The number of nitrogens with one attached hydrogen (secondary N) is 1. The normalized spacial score (nSPS) is 18.2. The summed E-state index contributed by atoms with van der Waals surface area (Å²) in [4.78, 5) is 23.0. The highest BCUT2D eigenvalue weighted by molar-refractivity contribution is 7.91. The number of anilines is 1. The first-order valence-corrected chi connectivity index (χ1v) is 10.8. The van der Waals surface area contributed by atoms with Gasteiger partial charge in [0.25, 0.3) is 5.91 Å². The number of amides is 1. The standard InChI is InChI=1S/C19H24N4O3S/c1-3-23(16-8-10-27(25,26)13-16)19-20-9-7-17(22-19)18(24)21-12-15-6-4-5-14(2)11-15/h4-7,9,11,16H,3,8,10,12-13H2,1-2H3,(H,21,24). The van der Waals surface area contributed by atoms with Crippen molar-refractivity contribution >= 4 is 21.7 Å². The predicted octanol–water partition coefficient (Wildman–Crippen LogP) is 1.73. The molecule has 0 saturated carbocycles. The Morgan fingerprint density at radius 1 is 1.33 bits per heavy atom. The molecule has 1 amide bonds. The molecule has 2 aromatic rings. The highest BCUT2D eigenvalue weighted by Gasteiger charge is 2.33. The number of carbonyl (C=O) groups excluding carboxylic acids is 1. The van der Waals surface area contributed by atoms with Crippen molar-refractivity contribution in [1.82, 2.24) is 15.3 Å². The van der Waals surface area contributed by atoms with Gasteiger partial charge in [-0.1, -0.05) is 29.8 Å². The number of rotatable bonds is 6. The zero-order valence-electron chi connectivity index (χ0n) is 15.6. The van der Waals surface area contributed by atoms with Crippen molar-refractivity contribution in [3.63, 3.8) is 0 Å². The molecule has 1 aromatic carbocycles. The summed E-state index contributed by atoms with van der Waals surface area (Å²) >= 11 is 0. The Hall–Kier alpha value is -2.48. The molecule has 1 aromatic heterocycles. The van der Waals surface area contributed by atoms with Gasteiger partial charge in [-0.15, -0.1) is 0 Å². The molecule has 1 saturated heterocycles. The number of hydrogen-bond acceptors (Lipinski definition) is 6. The van der Waals surface area contributed by atoms with Crippen molar-refractivity contribution < 1.29 is 13.2 Å². The van der Waals surface area contributed by atoms with E-state index < -0.39 is 9.84 Å². The van der Waals surface area contributed by atoms with E-state index in [2.05, 4.69) is 15.3 Å². The van der Waals surface area contributed by atoms with Gasteiger partial charge in [-0.2, -0.15) is 0 Å². The van der Waals surface area contributed by atoms with Crippen LogP contribution in [-0.2, 0) is 16.4 Å². The second-order valence-corrected chi connectivity index (χ2v) is 8.99. The first kappa shape index (κ1) is 19.3. The zero-order valence-corrected chi connectivity index (χ0v) is 16.4. The van der Waals surface area contributed by atoms with Crippen LogP contribution in [0, 0.1) is 6.92 Å². The van der Waals surface area contributed by atoms with Crippen molar-refractivity contribution in [3.05, 3.63) is 53.3 Å². The molecule has 1 N–H and O–H groups in total. The van der Waals surface area contributed by atoms with E-state index in [-0.39, 0.29) is 29.1 Å². The molecule has 3 rings (SSSR count). The summed E-state index contributed by atoms with van der Waals surface area (Å²) in [6, 6.07) is 9.35. The van der Waals surface area contributed by atoms with Crippen LogP contribution in [-0.4, -0.2) is 48.4 Å². The van der Waals surface area contributed by atoms with Crippen molar-refractivity contribution in [3.8, 4) is 0 Å². The van der Waals surface area contributed by atoms with Gasteiger partial charge in [-0.3, -0.25) is 4.79 Å². The summed E-state index contributed by atoms with van der Waals surface area (Å²) in [6.07, 6.45) is 2.10. The van der Waals surface area contributed by atoms with Gasteiger partial charge in [0.15, 0.2) is 9.84 Å². The quantitative estimate of drug-likeness (QED) is 0.810. The van der Waals surface area contributed by atoms with Gasteiger partial charge in [-0.05, 0) is 31.9 Å². The molecule has 1 atom stereocenters. The average Bonchev–Trinajstić information content (AvgIpc) is 3.00. The summed E-state index contributed by atoms with van der Waals surface area (Å²) in [5.41, 5.74) is 2.42. The summed E-state index contributed by atoms with van der Waals surface area (Å²) in [5.74, 6) is 0.400. The molecule has 0 bridgehead atoms. The molecule has 2 heterocycles. The zero-order chi connectivity index (χ0) is 19.4. The van der Waals surface area contributed by atoms with Crippen LogP contribution in [0.5, 0.6) is 0 Å². The third kappa shape index (κ3) is 4.82. The second-order valence-electron chi connectivity index (χ2n) is 6.76. The number of nitrogens with zero attached hydrogens (tertiary/aromatic N) is 3. The fourth-order valence-electron chi connectivity index (χ4n) is 3.29. The van der Waals surface area contributed by atoms with Gasteiger partial charge in [0.05, 0.1) is 11.5 Å². The van der Waals surface area contributed by atoms with Gasteiger partial charge >= 0.3 is 0 Å². The summed E-state index contributed by atoms with van der Waals surface area (Å²) in [7, 11) is -3.00. The van der Waals surface area contributed by atoms with Crippen LogP contribution >= 0.6 is 0 Å². The molecule has 1 unspecified atom stereocenters. The molecule has 0 spiro atoms. The minimum Gasteiger partial charge on any atom is -0.347 e. The van der Waals surface area contributed by atoms with Gasteiger partial charge in [0.1, 0.15) is 5.69 Å². The molecule has 0 aliphatic carbocycles. The van der Waals surface area contributed by atoms with Crippen LogP contribution in [0.3, 0.4) is 0 Å². The van der Waals surface area contributed by atoms with Crippen LogP contribution < -0.4 is 10.2 Å². The Kier molecular flexibility index (Phi) is 5.74. The van der Waals surface area contributed by atoms with E-state index in [1.165, 1.54) is 6.20 Å². The van der Waals surface area contributed by atoms with Gasteiger partial charge in [-0.25, -0.2) is 18.4 Å². The summed E-state index contributed by atoms with van der Waals surface area (Å²) in [5, 5.41) is 2.87. The summed E-state index contributed by atoms with van der Waals surface area (Å²) < 4.78 is 23.6. The fraction of sp³-hybridized carbons (Fsp3) is 0.421. The molecule has 27 heavy (non-hydrogen) atoms. The SMILES string of the molecule is CCN(c1nccc(C(=O)NCc2cccc(C)c2)n1)C1CCS(=O)(=O)C1. The number of sulfone groups is 1. The summed E-state index contributed by atoms with van der Waals surface area (Å²) in [6.45, 7) is 4.93. The number of aromatic nitrogens is 2. The smallest absolute Gasteiger partial charge is 0.270 e. The van der Waals surface area contributed by atoms with Crippen molar-refractivity contribution in [2.24, 2.45) is 0 Å². The molecule has 1 aliphatic rings. The van der Waals surface area contributed by atoms with E-state index in [9.17, 15) is 13.2 Å². The van der Waals surface area contributed by atoms with Gasteiger partial charge in [0.2, 0.25) is 5.95 Å². The fourth-order valence-corrected chi connectivity index (χ4v) is 5.02. The van der Waals surface area contributed by atoms with Crippen LogP contribution in [0.25, 0.3) is 0 Å². The number of aryl methyl sites for hydroxylation is 1. The third-order valence-corrected chi connectivity index (χ3v) is 6.41. The molecule has 7 nitrogen and oxygen atoms in total. The van der Waals surface area contributed by atoms with E-state index in [1.54, 1.807) is 6.07 Å². The van der Waals surface area contributed by atoms with E-state index in [4.69, 9.17) is 0 Å². The lowest BCUT2D eigenvalue weighted by atomic mass is 10.1. The van der Waals surface area contributed by atoms with E-state index in [1.807, 2.05) is 43.0 Å². The van der Waals surface area contributed by atoms with Crippen molar-refractivity contribution in [2.45, 2.75) is 32.9 Å². The van der Waals surface area contributed by atoms with Crippen LogP contribution in [0.15, 0.2) is 36.5 Å². The minimum atomic E-state index is -3.00. The number of hydrogen-bond donors (Lipinski definition) is 1. The molecule has 1 aliphatic heterocycles. The van der Waals surface area contributed by atoms with Gasteiger partial charge in [0, 0.05) is 25.3 Å². The largest absolute Gasteiger partial charge is 0.347 e. The average molecular weight is 388 g/mol. The topological polar surface area (TPSA) is 92.3 Å². The van der Waals surface area contributed by atoms with Gasteiger partial charge < -0.3 is 10.2 Å². The van der Waals surface area contributed by atoms with Crippen LogP contribution in [0.4, 0.5) is 5.95 Å². The monoisotopic (exact) mass is 388 g/mol. The molecular formula is C19H24N4O3S. The maximum absolute atomic E-state index is 12.5. The lowest BCUT2D eigenvalue weighted by Gasteiger charge is -2.26. The van der Waals surface area contributed by atoms with E-state index in [0.717, 1.165) is 11.1 Å².